The minimum absolute atomic E-state index is 0.0634. The molecule has 1 amide bonds. The summed E-state index contributed by atoms with van der Waals surface area (Å²) < 4.78 is 5.79. The first-order valence-electron chi connectivity index (χ1n) is 9.20. The van der Waals surface area contributed by atoms with Crippen LogP contribution in [0.3, 0.4) is 0 Å². The number of ether oxygens (including phenoxy) is 1. The molecule has 0 aliphatic heterocycles. The van der Waals surface area contributed by atoms with Crippen LogP contribution >= 0.6 is 0 Å². The normalized spacial score (nSPS) is 10.6. The van der Waals surface area contributed by atoms with Crippen LogP contribution < -0.4 is 15.4 Å². The molecule has 28 heavy (non-hydrogen) atoms. The fourth-order valence-electron chi connectivity index (χ4n) is 2.67. The van der Waals surface area contributed by atoms with E-state index in [4.69, 9.17) is 4.74 Å². The summed E-state index contributed by atoms with van der Waals surface area (Å²) >= 11 is 0. The predicted molar refractivity (Wildman–Crippen MR) is 110 cm³/mol. The van der Waals surface area contributed by atoms with Gasteiger partial charge in [0.2, 0.25) is 0 Å². The fourth-order valence-corrected chi connectivity index (χ4v) is 2.67. The topological polar surface area (TPSA) is 76.1 Å². The average Bonchev–Trinajstić information content (AvgIpc) is 2.68. The zero-order valence-corrected chi connectivity index (χ0v) is 16.3. The van der Waals surface area contributed by atoms with Gasteiger partial charge in [0, 0.05) is 6.54 Å². The molecule has 0 saturated heterocycles. The van der Waals surface area contributed by atoms with Crippen molar-refractivity contribution in [2.45, 2.75) is 33.4 Å². The summed E-state index contributed by atoms with van der Waals surface area (Å²) in [5.74, 6) is 1.01. The molecule has 0 atom stereocenters. The molecule has 0 bridgehead atoms. The second-order valence-electron chi connectivity index (χ2n) is 6.75. The molecule has 6 heteroatoms. The summed E-state index contributed by atoms with van der Waals surface area (Å²) in [7, 11) is 0. The van der Waals surface area contributed by atoms with Crippen LogP contribution in [0, 0.1) is 6.92 Å². The second-order valence-corrected chi connectivity index (χ2v) is 6.75. The van der Waals surface area contributed by atoms with Crippen molar-refractivity contribution in [3.05, 3.63) is 77.7 Å². The molecule has 0 spiro atoms. The maximum Gasteiger partial charge on any atom is 0.271 e. The van der Waals surface area contributed by atoms with E-state index in [9.17, 15) is 4.79 Å². The van der Waals surface area contributed by atoms with Crippen molar-refractivity contribution in [2.24, 2.45) is 0 Å². The molecular weight excluding hydrogens is 352 g/mol. The summed E-state index contributed by atoms with van der Waals surface area (Å²) in [6, 6.07) is 15.6. The van der Waals surface area contributed by atoms with E-state index in [2.05, 4.69) is 20.6 Å². The Morgan fingerprint density at radius 2 is 1.89 bits per heavy atom. The lowest BCUT2D eigenvalue weighted by atomic mass is 10.1. The number of anilines is 2. The molecule has 0 saturated carbocycles. The van der Waals surface area contributed by atoms with E-state index in [1.165, 1.54) is 12.4 Å². The molecular formula is C22H24N4O2. The highest BCUT2D eigenvalue weighted by atomic mass is 16.5. The second kappa shape index (κ2) is 8.99. The Labute approximate surface area is 165 Å². The molecule has 3 rings (SSSR count). The molecule has 0 radical (unpaired) electrons. The predicted octanol–water partition coefficient (Wildman–Crippen LogP) is 4.25. The van der Waals surface area contributed by atoms with Crippen LogP contribution in [-0.4, -0.2) is 22.0 Å². The lowest BCUT2D eigenvalue weighted by Gasteiger charge is -2.15. The van der Waals surface area contributed by atoms with Gasteiger partial charge in [0.25, 0.3) is 5.91 Å². The number of rotatable bonds is 7. The first-order chi connectivity index (χ1) is 13.5. The van der Waals surface area contributed by atoms with E-state index < -0.39 is 0 Å². The van der Waals surface area contributed by atoms with E-state index in [-0.39, 0.29) is 17.7 Å². The lowest BCUT2D eigenvalue weighted by Crippen LogP contribution is -2.24. The number of benzene rings is 2. The van der Waals surface area contributed by atoms with Gasteiger partial charge in [-0.05, 0) is 38.5 Å². The van der Waals surface area contributed by atoms with Gasteiger partial charge in [-0.15, -0.1) is 0 Å². The highest BCUT2D eigenvalue weighted by Gasteiger charge is 2.10. The van der Waals surface area contributed by atoms with E-state index >= 15 is 0 Å². The molecule has 6 nitrogen and oxygen atoms in total. The van der Waals surface area contributed by atoms with Gasteiger partial charge >= 0.3 is 0 Å². The average molecular weight is 376 g/mol. The molecule has 0 aliphatic carbocycles. The van der Waals surface area contributed by atoms with Crippen LogP contribution in [0.2, 0.25) is 0 Å². The number of carbonyl (C=O) groups is 1. The molecule has 1 heterocycles. The SMILES string of the molecule is Cc1cccc(CNC(=O)c2cnc(Nc3ccccc3OC(C)C)cn2)c1. The van der Waals surface area contributed by atoms with E-state index in [0.29, 0.717) is 12.4 Å². The Morgan fingerprint density at radius 1 is 1.07 bits per heavy atom. The number of carbonyl (C=O) groups excluding carboxylic acids is 1. The van der Waals surface area contributed by atoms with Crippen LogP contribution in [0.25, 0.3) is 0 Å². The molecule has 3 aromatic rings. The summed E-state index contributed by atoms with van der Waals surface area (Å²) in [6.07, 6.45) is 3.06. The van der Waals surface area contributed by atoms with Gasteiger partial charge in [-0.3, -0.25) is 4.79 Å². The summed E-state index contributed by atoms with van der Waals surface area (Å²) in [6.45, 7) is 6.41. The van der Waals surface area contributed by atoms with Gasteiger partial charge in [0.05, 0.1) is 24.2 Å². The molecule has 0 fully saturated rings. The maximum atomic E-state index is 12.3. The standard InChI is InChI=1S/C22H24N4O2/c1-15(2)28-20-10-5-4-9-18(20)26-21-14-23-19(13-24-21)22(27)25-12-17-8-6-7-16(3)11-17/h4-11,13-15H,12H2,1-3H3,(H,24,26)(H,25,27). The molecule has 0 aliphatic rings. The minimum Gasteiger partial charge on any atom is -0.489 e. The summed E-state index contributed by atoms with van der Waals surface area (Å²) in [4.78, 5) is 20.8. The van der Waals surface area contributed by atoms with E-state index in [0.717, 1.165) is 22.6 Å². The van der Waals surface area contributed by atoms with Crippen LogP contribution in [0.4, 0.5) is 11.5 Å². The van der Waals surface area contributed by atoms with Crippen LogP contribution in [0.5, 0.6) is 5.75 Å². The summed E-state index contributed by atoms with van der Waals surface area (Å²) in [5, 5.41) is 6.04. The van der Waals surface area contributed by atoms with Gasteiger partial charge in [-0.1, -0.05) is 42.0 Å². The van der Waals surface area contributed by atoms with Gasteiger partial charge < -0.3 is 15.4 Å². The Morgan fingerprint density at radius 3 is 2.61 bits per heavy atom. The lowest BCUT2D eigenvalue weighted by molar-refractivity contribution is 0.0945. The number of amides is 1. The molecule has 1 aromatic heterocycles. The number of aromatic nitrogens is 2. The van der Waals surface area contributed by atoms with Crippen LogP contribution in [0.1, 0.15) is 35.5 Å². The molecule has 144 valence electrons. The third-order valence-corrected chi connectivity index (χ3v) is 3.93. The zero-order chi connectivity index (χ0) is 19.9. The molecule has 2 N–H and O–H groups in total. The third-order valence-electron chi connectivity index (χ3n) is 3.93. The van der Waals surface area contributed by atoms with Gasteiger partial charge in [0.1, 0.15) is 17.3 Å². The van der Waals surface area contributed by atoms with Crippen molar-refractivity contribution < 1.29 is 9.53 Å². The smallest absolute Gasteiger partial charge is 0.271 e. The van der Waals surface area contributed by atoms with Crippen molar-refractivity contribution in [1.82, 2.24) is 15.3 Å². The Hall–Kier alpha value is -3.41. The highest BCUT2D eigenvalue weighted by Crippen LogP contribution is 2.27. The minimum atomic E-state index is -0.260. The number of nitrogens with zero attached hydrogens (tertiary/aromatic N) is 2. The van der Waals surface area contributed by atoms with Crippen molar-refractivity contribution >= 4 is 17.4 Å². The quantitative estimate of drug-likeness (QED) is 0.645. The number of para-hydroxylation sites is 2. The van der Waals surface area contributed by atoms with Gasteiger partial charge in [-0.2, -0.15) is 0 Å². The first kappa shape index (κ1) is 19.4. The Kier molecular flexibility index (Phi) is 6.22. The summed E-state index contributed by atoms with van der Waals surface area (Å²) in [5.41, 5.74) is 3.26. The third kappa shape index (κ3) is 5.30. The molecule has 0 unspecified atom stereocenters. The fraction of sp³-hybridized carbons (Fsp3) is 0.227. The van der Waals surface area contributed by atoms with Crippen molar-refractivity contribution in [3.63, 3.8) is 0 Å². The van der Waals surface area contributed by atoms with Crippen LogP contribution in [0.15, 0.2) is 60.9 Å². The van der Waals surface area contributed by atoms with Crippen molar-refractivity contribution in [1.29, 1.82) is 0 Å². The van der Waals surface area contributed by atoms with Crippen molar-refractivity contribution in [2.75, 3.05) is 5.32 Å². The first-order valence-corrected chi connectivity index (χ1v) is 9.20. The van der Waals surface area contributed by atoms with Crippen LogP contribution in [-0.2, 0) is 6.54 Å². The van der Waals surface area contributed by atoms with E-state index in [1.54, 1.807) is 0 Å². The zero-order valence-electron chi connectivity index (χ0n) is 16.3. The Bertz CT molecular complexity index is 939. The van der Waals surface area contributed by atoms with Crippen molar-refractivity contribution in [3.8, 4) is 5.75 Å². The van der Waals surface area contributed by atoms with Gasteiger partial charge in [-0.25, -0.2) is 9.97 Å². The highest BCUT2D eigenvalue weighted by molar-refractivity contribution is 5.92. The number of nitrogens with one attached hydrogen (secondary N) is 2. The Balaban J connectivity index is 1.63. The monoisotopic (exact) mass is 376 g/mol. The maximum absolute atomic E-state index is 12.3. The number of aryl methyl sites for hydroxylation is 1. The molecule has 2 aromatic carbocycles. The van der Waals surface area contributed by atoms with Gasteiger partial charge in [0.15, 0.2) is 0 Å². The number of hydrogen-bond acceptors (Lipinski definition) is 5. The van der Waals surface area contributed by atoms with E-state index in [1.807, 2.05) is 69.3 Å². The number of hydrogen-bond donors (Lipinski definition) is 2. The largest absolute Gasteiger partial charge is 0.489 e.